The van der Waals surface area contributed by atoms with Gasteiger partial charge in [-0.25, -0.2) is 0 Å². The van der Waals surface area contributed by atoms with Gasteiger partial charge in [0.2, 0.25) is 0 Å². The number of fused-ring (bicyclic) bond motifs is 1. The molecule has 0 atom stereocenters. The van der Waals surface area contributed by atoms with Crippen LogP contribution < -0.4 is 14.6 Å². The highest BCUT2D eigenvalue weighted by atomic mass is 32.2. The molecule has 8 nitrogen and oxygen atoms in total. The first kappa shape index (κ1) is 21.6. The normalized spacial score (nSPS) is 14.8. The van der Waals surface area contributed by atoms with Crippen molar-refractivity contribution >= 4 is 39.2 Å². The molecule has 0 saturated carbocycles. The molecule has 0 saturated heterocycles. The molecule has 3 rings (SSSR count). The zero-order chi connectivity index (χ0) is 21.9. The molecule has 10 heteroatoms. The number of sulfonamides is 1. The van der Waals surface area contributed by atoms with Crippen molar-refractivity contribution in [2.24, 2.45) is 4.40 Å². The number of hydrogen-bond donors (Lipinski definition) is 0. The van der Waals surface area contributed by atoms with E-state index in [2.05, 4.69) is 4.40 Å². The van der Waals surface area contributed by atoms with E-state index in [9.17, 15) is 23.1 Å². The van der Waals surface area contributed by atoms with Gasteiger partial charge in [-0.3, -0.25) is 4.79 Å². The summed E-state index contributed by atoms with van der Waals surface area (Å²) in [6.07, 6.45) is 1.27. The summed E-state index contributed by atoms with van der Waals surface area (Å²) < 4.78 is 40.3. The van der Waals surface area contributed by atoms with E-state index in [-0.39, 0.29) is 26.8 Å². The third-order valence-electron chi connectivity index (χ3n) is 4.15. The Morgan fingerprint density at radius 3 is 2.43 bits per heavy atom. The summed E-state index contributed by atoms with van der Waals surface area (Å²) in [4.78, 5) is 23.3. The van der Waals surface area contributed by atoms with Crippen LogP contribution in [0.3, 0.4) is 0 Å². The maximum absolute atomic E-state index is 13.1. The number of nitrogens with zero attached hydrogens (tertiary/aromatic N) is 1. The van der Waals surface area contributed by atoms with Gasteiger partial charge in [0.1, 0.15) is 16.4 Å². The molecule has 1 aliphatic rings. The van der Waals surface area contributed by atoms with Crippen molar-refractivity contribution in [3.63, 3.8) is 0 Å². The number of ketones is 1. The van der Waals surface area contributed by atoms with E-state index in [4.69, 9.17) is 9.47 Å². The number of Topliss-reactive ketones (excluding diaryl/α,β-unsaturated/α-hetero) is 1. The fraction of sp³-hybridized carbons (Fsp3) is 0.150. The summed E-state index contributed by atoms with van der Waals surface area (Å²) in [5.74, 6) is -1.83. The molecule has 1 aliphatic carbocycles. The second-order valence-electron chi connectivity index (χ2n) is 6.01. The Morgan fingerprint density at radius 1 is 1.10 bits per heavy atom. The van der Waals surface area contributed by atoms with Crippen molar-refractivity contribution in [1.29, 1.82) is 0 Å². The number of rotatable bonds is 7. The zero-order valence-corrected chi connectivity index (χ0v) is 17.6. The molecule has 0 heterocycles. The molecule has 0 aliphatic heterocycles. The van der Waals surface area contributed by atoms with Gasteiger partial charge in [-0.1, -0.05) is 24.3 Å². The predicted molar refractivity (Wildman–Crippen MR) is 110 cm³/mol. The Labute approximate surface area is 177 Å². The maximum atomic E-state index is 13.1. The number of thioether (sulfide) groups is 1. The van der Waals surface area contributed by atoms with E-state index < -0.39 is 27.5 Å². The second kappa shape index (κ2) is 8.72. The van der Waals surface area contributed by atoms with Crippen molar-refractivity contribution in [2.45, 2.75) is 4.90 Å². The third-order valence-corrected chi connectivity index (χ3v) is 6.46. The van der Waals surface area contributed by atoms with Crippen LogP contribution in [0.5, 0.6) is 11.5 Å². The Morgan fingerprint density at radius 2 is 1.80 bits per heavy atom. The first-order chi connectivity index (χ1) is 14.3. The van der Waals surface area contributed by atoms with E-state index >= 15 is 0 Å². The van der Waals surface area contributed by atoms with Crippen LogP contribution >= 0.6 is 11.8 Å². The van der Waals surface area contributed by atoms with Crippen molar-refractivity contribution in [3.8, 4) is 11.5 Å². The van der Waals surface area contributed by atoms with Crippen molar-refractivity contribution in [3.05, 3.63) is 64.6 Å². The fourth-order valence-electron chi connectivity index (χ4n) is 2.79. The number of carbonyl (C=O) groups excluding carboxylic acids is 2. The van der Waals surface area contributed by atoms with Crippen molar-refractivity contribution in [1.82, 2.24) is 0 Å². The molecule has 30 heavy (non-hydrogen) atoms. The first-order valence-corrected chi connectivity index (χ1v) is 10.9. The Balaban J connectivity index is 2.16. The van der Waals surface area contributed by atoms with Crippen LogP contribution in [-0.4, -0.2) is 45.9 Å². The summed E-state index contributed by atoms with van der Waals surface area (Å²) in [5, 5.41) is 10.8. The van der Waals surface area contributed by atoms with E-state index in [1.807, 2.05) is 0 Å². The molecule has 2 aromatic carbocycles. The lowest BCUT2D eigenvalue weighted by molar-refractivity contribution is -0.301. The molecular formula is C20H16NO7S2-. The third kappa shape index (κ3) is 4.39. The van der Waals surface area contributed by atoms with Gasteiger partial charge in [-0.2, -0.15) is 12.8 Å². The highest BCUT2D eigenvalue weighted by Gasteiger charge is 2.27. The number of carboxylic acid groups (broad SMARTS) is 1. The van der Waals surface area contributed by atoms with Gasteiger partial charge in [0.15, 0.2) is 5.78 Å². The molecule has 0 spiro atoms. The summed E-state index contributed by atoms with van der Waals surface area (Å²) in [6, 6.07) is 10.6. The number of carboxylic acids is 1. The van der Waals surface area contributed by atoms with Crippen LogP contribution in [0.25, 0.3) is 0 Å². The van der Waals surface area contributed by atoms with Gasteiger partial charge < -0.3 is 19.4 Å². The highest BCUT2D eigenvalue weighted by molar-refractivity contribution is 8.04. The largest absolute Gasteiger partial charge is 0.549 e. The van der Waals surface area contributed by atoms with E-state index in [1.165, 1.54) is 38.5 Å². The molecule has 0 unspecified atom stereocenters. The van der Waals surface area contributed by atoms with E-state index in [0.717, 1.165) is 11.8 Å². The lowest BCUT2D eigenvalue weighted by atomic mass is 9.94. The van der Waals surface area contributed by atoms with Gasteiger partial charge >= 0.3 is 0 Å². The van der Waals surface area contributed by atoms with Crippen LogP contribution in [0.1, 0.15) is 15.9 Å². The van der Waals surface area contributed by atoms with E-state index in [0.29, 0.717) is 11.3 Å². The van der Waals surface area contributed by atoms with Crippen LogP contribution in [0, 0.1) is 0 Å². The van der Waals surface area contributed by atoms with Crippen molar-refractivity contribution in [2.75, 3.05) is 20.0 Å². The van der Waals surface area contributed by atoms with Crippen LogP contribution in [-0.2, 0) is 14.8 Å². The smallest absolute Gasteiger partial charge is 0.286 e. The lowest BCUT2D eigenvalue weighted by Crippen LogP contribution is -2.25. The van der Waals surface area contributed by atoms with Gasteiger partial charge in [0.25, 0.3) is 10.0 Å². The van der Waals surface area contributed by atoms with Crippen LogP contribution in [0.4, 0.5) is 0 Å². The number of benzene rings is 2. The predicted octanol–water partition coefficient (Wildman–Crippen LogP) is 1.45. The minimum absolute atomic E-state index is 0.0101. The summed E-state index contributed by atoms with van der Waals surface area (Å²) in [5.41, 5.74) is 0.564. The monoisotopic (exact) mass is 446 g/mol. The van der Waals surface area contributed by atoms with Gasteiger partial charge in [0, 0.05) is 22.9 Å². The topological polar surface area (TPSA) is 122 Å². The molecule has 0 aromatic heterocycles. The average Bonchev–Trinajstić information content (AvgIpc) is 2.74. The minimum atomic E-state index is -4.26. The van der Waals surface area contributed by atoms with Crippen molar-refractivity contribution < 1.29 is 32.6 Å². The minimum Gasteiger partial charge on any atom is -0.549 e. The molecule has 0 N–H and O–H groups in total. The SMILES string of the molecule is COc1ccc(OC)c(S(=O)(=O)N=C2C=C(SCC(=O)[O-])C(=O)c3ccccc32)c1. The molecule has 0 fully saturated rings. The Hall–Kier alpha value is -3.11. The van der Waals surface area contributed by atoms with Crippen LogP contribution in [0.15, 0.2) is 62.7 Å². The molecule has 0 amide bonds. The number of aliphatic carboxylic acids is 1. The zero-order valence-electron chi connectivity index (χ0n) is 15.9. The number of ether oxygens (including phenoxy) is 2. The molecular weight excluding hydrogens is 430 g/mol. The quantitative estimate of drug-likeness (QED) is 0.626. The fourth-order valence-corrected chi connectivity index (χ4v) is 4.68. The highest BCUT2D eigenvalue weighted by Crippen LogP contribution is 2.32. The average molecular weight is 446 g/mol. The molecule has 156 valence electrons. The number of allylic oxidation sites excluding steroid dienone is 2. The number of carbonyl (C=O) groups is 2. The Bertz CT molecular complexity index is 1180. The maximum Gasteiger partial charge on any atom is 0.286 e. The molecule has 0 bridgehead atoms. The molecule has 0 radical (unpaired) electrons. The van der Waals surface area contributed by atoms with Gasteiger partial charge in [0.05, 0.1) is 30.8 Å². The second-order valence-corrected chi connectivity index (χ2v) is 8.60. The van der Waals surface area contributed by atoms with Gasteiger partial charge in [-0.15, -0.1) is 11.8 Å². The molecule has 2 aromatic rings. The summed E-state index contributed by atoms with van der Waals surface area (Å²) in [6.45, 7) is 0. The first-order valence-electron chi connectivity index (χ1n) is 8.52. The summed E-state index contributed by atoms with van der Waals surface area (Å²) in [7, 11) is -1.53. The number of methoxy groups -OCH3 is 2. The lowest BCUT2D eigenvalue weighted by Gasteiger charge is -2.17. The van der Waals surface area contributed by atoms with E-state index in [1.54, 1.807) is 24.3 Å². The van der Waals surface area contributed by atoms with Gasteiger partial charge in [-0.05, 0) is 18.2 Å². The van der Waals surface area contributed by atoms with Crippen LogP contribution in [0.2, 0.25) is 0 Å². The summed E-state index contributed by atoms with van der Waals surface area (Å²) >= 11 is 0.746. The number of hydrogen-bond acceptors (Lipinski definition) is 8. The Kier molecular flexibility index (Phi) is 6.28. The standard InChI is InChI=1S/C20H17NO7S2/c1-27-12-7-8-16(28-2)18(9-12)30(25,26)21-15-10-17(29-11-19(22)23)20(24)14-6-4-3-5-13(14)15/h3-10H,11H2,1-2H3,(H,22,23)/p-1.